The van der Waals surface area contributed by atoms with Crippen molar-refractivity contribution in [1.29, 1.82) is 0 Å². The summed E-state index contributed by atoms with van der Waals surface area (Å²) in [5.74, 6) is -0.146. The zero-order chi connectivity index (χ0) is 21.9. The molecule has 1 saturated carbocycles. The van der Waals surface area contributed by atoms with Crippen LogP contribution in [0.1, 0.15) is 63.2 Å². The van der Waals surface area contributed by atoms with E-state index in [-0.39, 0.29) is 5.91 Å². The Labute approximate surface area is 185 Å². The number of carbonyl (C=O) groups excluding carboxylic acids is 1. The Morgan fingerprint density at radius 1 is 1.06 bits per heavy atom. The summed E-state index contributed by atoms with van der Waals surface area (Å²) in [7, 11) is 0. The number of hydrogen-bond acceptors (Lipinski definition) is 4. The Morgan fingerprint density at radius 3 is 2.42 bits per heavy atom. The first-order valence-corrected chi connectivity index (χ1v) is 11.5. The van der Waals surface area contributed by atoms with Gasteiger partial charge in [-0.2, -0.15) is 0 Å². The summed E-state index contributed by atoms with van der Waals surface area (Å²) in [5, 5.41) is 10.6. The third-order valence-electron chi connectivity index (χ3n) is 8.03. The molecule has 5 N–H and O–H groups in total. The lowest BCUT2D eigenvalue weighted by Crippen LogP contribution is -2.76. The molecule has 2 atom stereocenters. The van der Waals surface area contributed by atoms with Crippen LogP contribution in [0.15, 0.2) is 48.5 Å². The van der Waals surface area contributed by atoms with Gasteiger partial charge >= 0.3 is 0 Å². The van der Waals surface area contributed by atoms with Gasteiger partial charge in [-0.15, -0.1) is 0 Å². The number of amides is 1. The van der Waals surface area contributed by atoms with Gasteiger partial charge in [-0.05, 0) is 79.3 Å². The van der Waals surface area contributed by atoms with Gasteiger partial charge < -0.3 is 21.7 Å². The van der Waals surface area contributed by atoms with Gasteiger partial charge in [-0.1, -0.05) is 32.9 Å². The molecule has 0 radical (unpaired) electrons. The molecule has 2 aromatic rings. The van der Waals surface area contributed by atoms with Gasteiger partial charge in [0.1, 0.15) is 0 Å². The number of anilines is 3. The van der Waals surface area contributed by atoms with Gasteiger partial charge in [0.15, 0.2) is 0 Å². The first-order chi connectivity index (χ1) is 14.7. The van der Waals surface area contributed by atoms with E-state index in [4.69, 9.17) is 5.73 Å². The number of nitrogen functional groups attached to an aromatic ring is 1. The molecule has 4 aliphatic rings. The minimum absolute atomic E-state index is 0.146. The first-order valence-electron chi connectivity index (χ1n) is 11.5. The molecule has 0 aromatic heterocycles. The lowest BCUT2D eigenvalue weighted by Gasteiger charge is -2.71. The summed E-state index contributed by atoms with van der Waals surface area (Å²) >= 11 is 0. The highest BCUT2D eigenvalue weighted by Gasteiger charge is 2.65. The van der Waals surface area contributed by atoms with Crippen LogP contribution in [0.25, 0.3) is 0 Å². The van der Waals surface area contributed by atoms with E-state index in [2.05, 4.69) is 36.7 Å². The van der Waals surface area contributed by atoms with Crippen molar-refractivity contribution in [3.63, 3.8) is 0 Å². The van der Waals surface area contributed by atoms with Crippen molar-refractivity contribution in [1.82, 2.24) is 5.32 Å². The number of hydrogen-bond donors (Lipinski definition) is 4. The Hall–Kier alpha value is -2.53. The molecule has 164 valence electrons. The zero-order valence-electron chi connectivity index (χ0n) is 18.8. The van der Waals surface area contributed by atoms with Crippen molar-refractivity contribution in [2.45, 2.75) is 70.5 Å². The number of nitrogens with one attached hydrogen (secondary N) is 3. The van der Waals surface area contributed by atoms with Crippen molar-refractivity contribution in [3.05, 3.63) is 54.1 Å². The summed E-state index contributed by atoms with van der Waals surface area (Å²) in [5.41, 5.74) is 10.1. The van der Waals surface area contributed by atoms with E-state index in [9.17, 15) is 4.79 Å². The predicted octanol–water partition coefficient (Wildman–Crippen LogP) is 5.02. The van der Waals surface area contributed by atoms with Gasteiger partial charge in [-0.25, -0.2) is 0 Å². The number of nitrogens with two attached hydrogens (primary N) is 1. The second-order valence-corrected chi connectivity index (χ2v) is 11.1. The largest absolute Gasteiger partial charge is 0.397 e. The van der Waals surface area contributed by atoms with Crippen molar-refractivity contribution < 1.29 is 4.79 Å². The van der Waals surface area contributed by atoms with Crippen molar-refractivity contribution in [2.75, 3.05) is 16.4 Å². The first kappa shape index (κ1) is 20.4. The van der Waals surface area contributed by atoms with Crippen LogP contribution in [-0.4, -0.2) is 23.5 Å². The third kappa shape index (κ3) is 3.59. The molecule has 6 rings (SSSR count). The van der Waals surface area contributed by atoms with E-state index < -0.39 is 0 Å². The summed E-state index contributed by atoms with van der Waals surface area (Å²) in [6.07, 6.45) is 6.24. The molecule has 3 heterocycles. The van der Waals surface area contributed by atoms with E-state index in [0.29, 0.717) is 45.4 Å². The molecule has 1 aliphatic carbocycles. The second kappa shape index (κ2) is 6.99. The van der Waals surface area contributed by atoms with Crippen molar-refractivity contribution in [3.8, 4) is 0 Å². The average molecular weight is 419 g/mol. The summed E-state index contributed by atoms with van der Waals surface area (Å²) < 4.78 is 0. The van der Waals surface area contributed by atoms with Crippen LogP contribution in [0.5, 0.6) is 0 Å². The minimum atomic E-state index is -0.146. The fourth-order valence-electron chi connectivity index (χ4n) is 6.40. The molecule has 1 spiro atoms. The smallest absolute Gasteiger partial charge is 0.255 e. The molecule has 5 heteroatoms. The minimum Gasteiger partial charge on any atom is -0.397 e. The summed E-state index contributed by atoms with van der Waals surface area (Å²) in [4.78, 5) is 12.6. The van der Waals surface area contributed by atoms with E-state index in [1.807, 2.05) is 42.5 Å². The van der Waals surface area contributed by atoms with Gasteiger partial charge in [0, 0.05) is 28.9 Å². The van der Waals surface area contributed by atoms with Crippen molar-refractivity contribution >= 4 is 23.0 Å². The number of benzene rings is 2. The lowest BCUT2D eigenvalue weighted by atomic mass is 9.41. The van der Waals surface area contributed by atoms with E-state index in [0.717, 1.165) is 12.1 Å². The predicted molar refractivity (Wildman–Crippen MR) is 127 cm³/mol. The maximum absolute atomic E-state index is 12.6. The quantitative estimate of drug-likeness (QED) is 0.526. The van der Waals surface area contributed by atoms with Crippen LogP contribution in [0.2, 0.25) is 0 Å². The molecular weight excluding hydrogens is 384 g/mol. The molecule has 31 heavy (non-hydrogen) atoms. The maximum atomic E-state index is 12.6. The Balaban J connectivity index is 1.22. The number of piperidine rings is 3. The molecule has 2 unspecified atom stereocenters. The monoisotopic (exact) mass is 418 g/mol. The van der Waals surface area contributed by atoms with Gasteiger partial charge in [0.2, 0.25) is 0 Å². The van der Waals surface area contributed by atoms with E-state index in [1.165, 1.54) is 25.7 Å². The molecular formula is C26H34N4O. The normalized spacial score (nSPS) is 31.5. The van der Waals surface area contributed by atoms with Crippen molar-refractivity contribution in [2.24, 2.45) is 10.8 Å². The standard InChI is InChI=1S/C26H34N4O/c1-24(2,3)25-13-20-12-19(14-26(15-25,16-25)30-20)28-18-10-8-17(9-11-18)23(31)29-22-7-5-4-6-21(22)27/h4-11,19-20,28,30H,12-16,27H2,1-3H3,(H,29,31). The highest BCUT2D eigenvalue weighted by molar-refractivity contribution is 6.05. The highest BCUT2D eigenvalue weighted by atomic mass is 16.1. The SMILES string of the molecule is CC(C)(C)C12CC3CC(Nc4ccc(C(=O)Nc5ccccc5N)cc4)CC(C1)(C2)N3. The van der Waals surface area contributed by atoms with Gasteiger partial charge in [0.05, 0.1) is 11.4 Å². The molecule has 4 fully saturated rings. The summed E-state index contributed by atoms with van der Waals surface area (Å²) in [6, 6.07) is 16.2. The van der Waals surface area contributed by atoms with Gasteiger partial charge in [-0.3, -0.25) is 4.79 Å². The fraction of sp³-hybridized carbons (Fsp3) is 0.500. The molecule has 3 saturated heterocycles. The average Bonchev–Trinajstić information content (AvgIpc) is 2.68. The maximum Gasteiger partial charge on any atom is 0.255 e. The Morgan fingerprint density at radius 2 is 1.77 bits per heavy atom. The van der Waals surface area contributed by atoms with Crippen LogP contribution in [0, 0.1) is 10.8 Å². The van der Waals surface area contributed by atoms with E-state index >= 15 is 0 Å². The number of para-hydroxylation sites is 2. The highest BCUT2D eigenvalue weighted by Crippen LogP contribution is 2.66. The van der Waals surface area contributed by atoms with Crippen LogP contribution >= 0.6 is 0 Å². The summed E-state index contributed by atoms with van der Waals surface area (Å²) in [6.45, 7) is 7.25. The molecule has 2 aromatic carbocycles. The molecule has 1 amide bonds. The fourth-order valence-corrected chi connectivity index (χ4v) is 6.40. The van der Waals surface area contributed by atoms with Crippen LogP contribution in [0.4, 0.5) is 17.1 Å². The number of carbonyl (C=O) groups is 1. The Kier molecular flexibility index (Phi) is 4.60. The molecule has 3 aliphatic heterocycles. The topological polar surface area (TPSA) is 79.2 Å². The lowest BCUT2D eigenvalue weighted by molar-refractivity contribution is -0.155. The molecule has 5 nitrogen and oxygen atoms in total. The Bertz CT molecular complexity index is 980. The van der Waals surface area contributed by atoms with Crippen LogP contribution in [-0.2, 0) is 0 Å². The zero-order valence-corrected chi connectivity index (χ0v) is 18.8. The molecule has 3 bridgehead atoms. The second-order valence-electron chi connectivity index (χ2n) is 11.1. The van der Waals surface area contributed by atoms with E-state index in [1.54, 1.807) is 6.07 Å². The third-order valence-corrected chi connectivity index (χ3v) is 8.03. The number of rotatable bonds is 4. The van der Waals surface area contributed by atoms with Crippen LogP contribution < -0.4 is 21.7 Å². The van der Waals surface area contributed by atoms with Crippen LogP contribution in [0.3, 0.4) is 0 Å². The van der Waals surface area contributed by atoms with Gasteiger partial charge in [0.25, 0.3) is 5.91 Å².